The van der Waals surface area contributed by atoms with Gasteiger partial charge in [-0.3, -0.25) is 0 Å². The maximum Gasteiger partial charge on any atom is 0.170 e. The lowest BCUT2D eigenvalue weighted by molar-refractivity contribution is 0.432. The largest absolute Gasteiger partial charge is 0.203 e. The normalized spacial score (nSPS) is 11.4. The zero-order chi connectivity index (χ0) is 24.4. The van der Waals surface area contributed by atoms with E-state index in [1.807, 2.05) is 0 Å². The minimum atomic E-state index is -2.75. The Labute approximate surface area is 170 Å². The van der Waals surface area contributed by atoms with Gasteiger partial charge in [-0.05, 0) is 13.8 Å². The highest BCUT2D eigenvalue weighted by atomic mass is 19.2. The molecule has 0 radical (unpaired) electrons. The van der Waals surface area contributed by atoms with Gasteiger partial charge in [-0.2, -0.15) is 0 Å². The first-order chi connectivity index (χ1) is 14.7. The van der Waals surface area contributed by atoms with Gasteiger partial charge in [-0.25, -0.2) is 52.7 Å². The molecular formula is C20H6F12. The molecule has 0 heterocycles. The van der Waals surface area contributed by atoms with E-state index in [-0.39, 0.29) is 0 Å². The average Bonchev–Trinajstić information content (AvgIpc) is 2.76. The summed E-state index contributed by atoms with van der Waals surface area (Å²) in [6.07, 6.45) is 0. The summed E-state index contributed by atoms with van der Waals surface area (Å²) in [4.78, 5) is 0. The molecule has 0 N–H and O–H groups in total. The van der Waals surface area contributed by atoms with Gasteiger partial charge >= 0.3 is 0 Å². The van der Waals surface area contributed by atoms with Gasteiger partial charge in [0.2, 0.25) is 0 Å². The summed E-state index contributed by atoms with van der Waals surface area (Å²) in [6.45, 7) is 1.09. The number of hydrogen-bond donors (Lipinski definition) is 0. The van der Waals surface area contributed by atoms with Crippen LogP contribution in [-0.2, 0) is 0 Å². The molecule has 0 saturated heterocycles. The SMILES string of the molecule is Cc1c(F)c(F)c(-c2c(F)c(F)c(-c3c(F)c(F)c(C)c(F)c3F)c(F)c2F)c(F)c1F. The zero-order valence-corrected chi connectivity index (χ0v) is 15.5. The van der Waals surface area contributed by atoms with Crippen molar-refractivity contribution in [1.29, 1.82) is 0 Å². The lowest BCUT2D eigenvalue weighted by atomic mass is 9.94. The van der Waals surface area contributed by atoms with Crippen LogP contribution in [0.3, 0.4) is 0 Å². The Balaban J connectivity index is 2.50. The minimum Gasteiger partial charge on any atom is -0.203 e. The van der Waals surface area contributed by atoms with Crippen LogP contribution in [-0.4, -0.2) is 0 Å². The van der Waals surface area contributed by atoms with Crippen LogP contribution in [0.2, 0.25) is 0 Å². The fraction of sp³-hybridized carbons (Fsp3) is 0.100. The van der Waals surface area contributed by atoms with E-state index >= 15 is 0 Å². The fourth-order valence-electron chi connectivity index (χ4n) is 2.99. The van der Waals surface area contributed by atoms with E-state index < -0.39 is 103 Å². The molecular weight excluding hydrogens is 468 g/mol. The van der Waals surface area contributed by atoms with E-state index in [0.717, 1.165) is 0 Å². The summed E-state index contributed by atoms with van der Waals surface area (Å²) < 4.78 is 170. The average molecular weight is 474 g/mol. The summed E-state index contributed by atoms with van der Waals surface area (Å²) in [7, 11) is 0. The third kappa shape index (κ3) is 3.03. The van der Waals surface area contributed by atoms with Crippen molar-refractivity contribution < 1.29 is 52.7 Å². The molecule has 0 aliphatic heterocycles. The van der Waals surface area contributed by atoms with Gasteiger partial charge in [-0.15, -0.1) is 0 Å². The smallest absolute Gasteiger partial charge is 0.170 e. The molecule has 0 bridgehead atoms. The van der Waals surface area contributed by atoms with Gasteiger partial charge in [0.25, 0.3) is 0 Å². The highest BCUT2D eigenvalue weighted by molar-refractivity contribution is 5.75. The van der Waals surface area contributed by atoms with E-state index in [1.165, 1.54) is 0 Å². The van der Waals surface area contributed by atoms with Crippen molar-refractivity contribution in [3.63, 3.8) is 0 Å². The van der Waals surface area contributed by atoms with Crippen molar-refractivity contribution in [2.24, 2.45) is 0 Å². The number of hydrogen-bond acceptors (Lipinski definition) is 0. The quantitative estimate of drug-likeness (QED) is 0.270. The van der Waals surface area contributed by atoms with Crippen molar-refractivity contribution in [1.82, 2.24) is 0 Å². The van der Waals surface area contributed by atoms with Gasteiger partial charge in [0, 0.05) is 11.1 Å². The van der Waals surface area contributed by atoms with E-state index in [9.17, 15) is 52.7 Å². The Bertz CT molecular complexity index is 1120. The second-order valence-corrected chi connectivity index (χ2v) is 6.52. The summed E-state index contributed by atoms with van der Waals surface area (Å²) >= 11 is 0. The Morgan fingerprint density at radius 3 is 0.531 bits per heavy atom. The molecule has 3 aromatic rings. The summed E-state index contributed by atoms with van der Waals surface area (Å²) in [5.74, 6) is -29.3. The van der Waals surface area contributed by atoms with E-state index in [4.69, 9.17) is 0 Å². The summed E-state index contributed by atoms with van der Waals surface area (Å²) in [5.41, 5.74) is -11.5. The molecule has 32 heavy (non-hydrogen) atoms. The van der Waals surface area contributed by atoms with Crippen LogP contribution < -0.4 is 0 Å². The molecule has 3 rings (SSSR count). The van der Waals surface area contributed by atoms with Gasteiger partial charge in [-0.1, -0.05) is 0 Å². The molecule has 0 aliphatic rings. The topological polar surface area (TPSA) is 0 Å². The lowest BCUT2D eigenvalue weighted by Gasteiger charge is -2.16. The Hall–Kier alpha value is -3.18. The maximum absolute atomic E-state index is 14.5. The van der Waals surface area contributed by atoms with Crippen molar-refractivity contribution in [3.05, 3.63) is 80.9 Å². The standard InChI is InChI=1S/C20H6F12/c1-3-9(21)13(25)5(14(26)10(3)22)7-17(29)19(31)8(20(32)18(7)30)6-15(27)11(23)4(2)12(24)16(6)28/h1-2H3. The Morgan fingerprint density at radius 2 is 0.375 bits per heavy atom. The number of rotatable bonds is 2. The van der Waals surface area contributed by atoms with Gasteiger partial charge in [0.15, 0.2) is 69.8 Å². The predicted octanol–water partition coefficient (Wildman–Crippen LogP) is 7.31. The molecule has 0 nitrogen and oxygen atoms in total. The van der Waals surface area contributed by atoms with E-state index in [2.05, 4.69) is 0 Å². The van der Waals surface area contributed by atoms with Crippen molar-refractivity contribution >= 4 is 0 Å². The van der Waals surface area contributed by atoms with E-state index in [0.29, 0.717) is 13.8 Å². The van der Waals surface area contributed by atoms with Crippen LogP contribution in [0.5, 0.6) is 0 Å². The first kappa shape index (κ1) is 23.5. The van der Waals surface area contributed by atoms with Crippen molar-refractivity contribution in [3.8, 4) is 22.3 Å². The second-order valence-electron chi connectivity index (χ2n) is 6.52. The second kappa shape index (κ2) is 7.75. The first-order valence-electron chi connectivity index (χ1n) is 8.27. The van der Waals surface area contributed by atoms with Crippen LogP contribution in [0.1, 0.15) is 11.1 Å². The highest BCUT2D eigenvalue weighted by Gasteiger charge is 2.36. The fourth-order valence-corrected chi connectivity index (χ4v) is 2.99. The molecule has 0 amide bonds. The molecule has 170 valence electrons. The monoisotopic (exact) mass is 474 g/mol. The zero-order valence-electron chi connectivity index (χ0n) is 15.5. The third-order valence-corrected chi connectivity index (χ3v) is 4.73. The minimum absolute atomic E-state index is 0.545. The first-order valence-corrected chi connectivity index (χ1v) is 8.27. The van der Waals surface area contributed by atoms with Crippen molar-refractivity contribution in [2.75, 3.05) is 0 Å². The van der Waals surface area contributed by atoms with Gasteiger partial charge in [0.1, 0.15) is 0 Å². The third-order valence-electron chi connectivity index (χ3n) is 4.73. The Morgan fingerprint density at radius 1 is 0.250 bits per heavy atom. The molecule has 0 unspecified atom stereocenters. The molecule has 0 atom stereocenters. The molecule has 3 aromatic carbocycles. The summed E-state index contributed by atoms with van der Waals surface area (Å²) in [6, 6.07) is 0. The molecule has 0 saturated carbocycles. The number of benzene rings is 3. The maximum atomic E-state index is 14.5. The molecule has 0 fully saturated rings. The predicted molar refractivity (Wildman–Crippen MR) is 86.3 cm³/mol. The van der Waals surface area contributed by atoms with Crippen molar-refractivity contribution in [2.45, 2.75) is 13.8 Å². The molecule has 0 aliphatic carbocycles. The molecule has 0 spiro atoms. The Kier molecular flexibility index (Phi) is 5.69. The van der Waals surface area contributed by atoms with Crippen LogP contribution in [0.25, 0.3) is 22.3 Å². The van der Waals surface area contributed by atoms with Gasteiger partial charge in [0.05, 0.1) is 22.3 Å². The molecule has 0 aromatic heterocycles. The highest BCUT2D eigenvalue weighted by Crippen LogP contribution is 2.42. The van der Waals surface area contributed by atoms with Crippen LogP contribution in [0.4, 0.5) is 52.7 Å². The van der Waals surface area contributed by atoms with Crippen LogP contribution in [0, 0.1) is 83.7 Å². The number of halogens is 12. The van der Waals surface area contributed by atoms with E-state index in [1.54, 1.807) is 0 Å². The summed E-state index contributed by atoms with van der Waals surface area (Å²) in [5, 5.41) is 0. The lowest BCUT2D eigenvalue weighted by Crippen LogP contribution is -2.11. The van der Waals surface area contributed by atoms with Gasteiger partial charge < -0.3 is 0 Å². The molecule has 12 heteroatoms. The van der Waals surface area contributed by atoms with Crippen LogP contribution >= 0.6 is 0 Å². The van der Waals surface area contributed by atoms with Crippen LogP contribution in [0.15, 0.2) is 0 Å².